The van der Waals surface area contributed by atoms with E-state index in [1.807, 2.05) is 30.5 Å². The third kappa shape index (κ3) is 1.89. The highest BCUT2D eigenvalue weighted by Crippen LogP contribution is 2.18. The topological polar surface area (TPSA) is 64.1 Å². The van der Waals surface area contributed by atoms with Gasteiger partial charge in [-0.05, 0) is 29.1 Å². The second kappa shape index (κ2) is 4.27. The largest absolute Gasteiger partial charge is 0.392 e. The van der Waals surface area contributed by atoms with Gasteiger partial charge in [-0.25, -0.2) is 0 Å². The Labute approximate surface area is 104 Å². The molecular weight excluding hydrogens is 230 g/mol. The molecule has 18 heavy (non-hydrogen) atoms. The predicted molar refractivity (Wildman–Crippen MR) is 66.0 cm³/mol. The molecule has 0 aliphatic rings. The van der Waals surface area contributed by atoms with Gasteiger partial charge in [0.2, 0.25) is 5.89 Å². The Kier molecular flexibility index (Phi) is 2.60. The van der Waals surface area contributed by atoms with Gasteiger partial charge >= 0.3 is 0 Å². The molecule has 3 aromatic rings. The SMILES string of the molecule is Cc1nc(Cn2ccc3cc(CO)ccc32)no1. The van der Waals surface area contributed by atoms with E-state index in [9.17, 15) is 0 Å². The first kappa shape index (κ1) is 11.0. The molecule has 2 heterocycles. The van der Waals surface area contributed by atoms with E-state index in [0.29, 0.717) is 18.3 Å². The molecule has 0 amide bonds. The van der Waals surface area contributed by atoms with Gasteiger partial charge in [0.15, 0.2) is 5.82 Å². The highest BCUT2D eigenvalue weighted by molar-refractivity contribution is 5.80. The molecule has 1 N–H and O–H groups in total. The number of aromatic nitrogens is 3. The van der Waals surface area contributed by atoms with Crippen LogP contribution in [0.1, 0.15) is 17.3 Å². The number of aryl methyl sites for hydroxylation is 1. The summed E-state index contributed by atoms with van der Waals surface area (Å²) in [5.41, 5.74) is 2.00. The summed E-state index contributed by atoms with van der Waals surface area (Å²) in [5, 5.41) is 14.1. The van der Waals surface area contributed by atoms with E-state index in [1.54, 1.807) is 6.92 Å². The lowest BCUT2D eigenvalue weighted by atomic mass is 10.2. The molecule has 0 saturated heterocycles. The van der Waals surface area contributed by atoms with Crippen molar-refractivity contribution >= 4 is 10.9 Å². The van der Waals surface area contributed by atoms with Crippen LogP contribution < -0.4 is 0 Å². The first-order chi connectivity index (χ1) is 8.76. The zero-order valence-corrected chi connectivity index (χ0v) is 10.00. The molecule has 1 aromatic carbocycles. The van der Waals surface area contributed by atoms with Crippen molar-refractivity contribution in [3.05, 3.63) is 47.7 Å². The lowest BCUT2D eigenvalue weighted by molar-refractivity contribution is 0.282. The van der Waals surface area contributed by atoms with Gasteiger partial charge in [-0.3, -0.25) is 0 Å². The van der Waals surface area contributed by atoms with Gasteiger partial charge in [0.1, 0.15) is 0 Å². The van der Waals surface area contributed by atoms with Crippen LogP contribution in [0, 0.1) is 6.92 Å². The number of nitrogens with zero attached hydrogens (tertiary/aromatic N) is 3. The predicted octanol–water partition coefficient (Wildman–Crippen LogP) is 1.87. The van der Waals surface area contributed by atoms with Gasteiger partial charge < -0.3 is 14.2 Å². The zero-order chi connectivity index (χ0) is 12.5. The number of rotatable bonds is 3. The quantitative estimate of drug-likeness (QED) is 0.762. The first-order valence-electron chi connectivity index (χ1n) is 5.74. The Morgan fingerprint density at radius 2 is 2.22 bits per heavy atom. The fraction of sp³-hybridized carbons (Fsp3) is 0.231. The van der Waals surface area contributed by atoms with E-state index >= 15 is 0 Å². The van der Waals surface area contributed by atoms with E-state index in [1.165, 1.54) is 0 Å². The van der Waals surface area contributed by atoms with E-state index < -0.39 is 0 Å². The van der Waals surface area contributed by atoms with Crippen molar-refractivity contribution in [1.29, 1.82) is 0 Å². The average Bonchev–Trinajstić information content (AvgIpc) is 2.96. The number of hydrogen-bond acceptors (Lipinski definition) is 4. The minimum Gasteiger partial charge on any atom is -0.392 e. The normalized spacial score (nSPS) is 11.2. The van der Waals surface area contributed by atoms with E-state index in [2.05, 4.69) is 14.7 Å². The molecule has 0 atom stereocenters. The van der Waals surface area contributed by atoms with Crippen LogP contribution in [0.5, 0.6) is 0 Å². The van der Waals surface area contributed by atoms with E-state index in [-0.39, 0.29) is 6.61 Å². The first-order valence-corrected chi connectivity index (χ1v) is 5.74. The summed E-state index contributed by atoms with van der Waals surface area (Å²) in [4.78, 5) is 4.19. The maximum Gasteiger partial charge on any atom is 0.223 e. The summed E-state index contributed by atoms with van der Waals surface area (Å²) in [7, 11) is 0. The third-order valence-corrected chi connectivity index (χ3v) is 2.90. The van der Waals surface area contributed by atoms with Gasteiger partial charge in [0, 0.05) is 18.6 Å². The lowest BCUT2D eigenvalue weighted by Gasteiger charge is -2.02. The maximum atomic E-state index is 9.10. The number of aliphatic hydroxyl groups is 1. The second-order valence-electron chi connectivity index (χ2n) is 4.22. The molecular formula is C13H13N3O2. The molecule has 0 bridgehead atoms. The summed E-state index contributed by atoms with van der Waals surface area (Å²) >= 11 is 0. The van der Waals surface area contributed by atoms with Crippen LogP contribution >= 0.6 is 0 Å². The Hall–Kier alpha value is -2.14. The van der Waals surface area contributed by atoms with Crippen molar-refractivity contribution in [2.45, 2.75) is 20.1 Å². The van der Waals surface area contributed by atoms with Crippen LogP contribution in [0.4, 0.5) is 0 Å². The summed E-state index contributed by atoms with van der Waals surface area (Å²) in [6, 6.07) is 7.91. The average molecular weight is 243 g/mol. The second-order valence-corrected chi connectivity index (χ2v) is 4.22. The van der Waals surface area contributed by atoms with Crippen molar-refractivity contribution in [2.24, 2.45) is 0 Å². The van der Waals surface area contributed by atoms with Gasteiger partial charge in [-0.2, -0.15) is 4.98 Å². The summed E-state index contributed by atoms with van der Waals surface area (Å²) in [5.74, 6) is 1.24. The summed E-state index contributed by atoms with van der Waals surface area (Å²) < 4.78 is 7.01. The zero-order valence-electron chi connectivity index (χ0n) is 10.00. The van der Waals surface area contributed by atoms with Crippen LogP contribution in [0.15, 0.2) is 35.0 Å². The fourth-order valence-corrected chi connectivity index (χ4v) is 2.04. The van der Waals surface area contributed by atoms with E-state index in [0.717, 1.165) is 16.5 Å². The Morgan fingerprint density at radius 1 is 1.33 bits per heavy atom. The third-order valence-electron chi connectivity index (χ3n) is 2.90. The molecule has 0 unspecified atom stereocenters. The molecule has 0 aliphatic carbocycles. The van der Waals surface area contributed by atoms with Gasteiger partial charge in [-0.1, -0.05) is 11.2 Å². The van der Waals surface area contributed by atoms with Gasteiger partial charge in [0.05, 0.1) is 13.2 Å². The summed E-state index contributed by atoms with van der Waals surface area (Å²) in [6.07, 6.45) is 1.98. The molecule has 0 fully saturated rings. The van der Waals surface area contributed by atoms with Gasteiger partial charge in [0.25, 0.3) is 0 Å². The van der Waals surface area contributed by atoms with E-state index in [4.69, 9.17) is 9.63 Å². The maximum absolute atomic E-state index is 9.10. The van der Waals surface area contributed by atoms with Crippen molar-refractivity contribution in [2.75, 3.05) is 0 Å². The number of hydrogen-bond donors (Lipinski definition) is 1. The molecule has 0 saturated carbocycles. The van der Waals surface area contributed by atoms with Crippen molar-refractivity contribution in [1.82, 2.24) is 14.7 Å². The molecule has 2 aromatic heterocycles. The molecule has 3 rings (SSSR count). The standard InChI is InChI=1S/C13H13N3O2/c1-9-14-13(15-18-9)7-16-5-4-11-6-10(8-17)2-3-12(11)16/h2-6,17H,7-8H2,1H3. The van der Waals surface area contributed by atoms with Crippen LogP contribution in [0.25, 0.3) is 10.9 Å². The highest BCUT2D eigenvalue weighted by atomic mass is 16.5. The van der Waals surface area contributed by atoms with Crippen LogP contribution in [-0.4, -0.2) is 19.8 Å². The highest BCUT2D eigenvalue weighted by Gasteiger charge is 2.06. The minimum absolute atomic E-state index is 0.0607. The smallest absolute Gasteiger partial charge is 0.223 e. The Morgan fingerprint density at radius 3 is 2.94 bits per heavy atom. The molecule has 5 heteroatoms. The molecule has 0 spiro atoms. The number of fused-ring (bicyclic) bond motifs is 1. The molecule has 5 nitrogen and oxygen atoms in total. The minimum atomic E-state index is 0.0607. The molecule has 92 valence electrons. The number of aliphatic hydroxyl groups excluding tert-OH is 1. The Bertz CT molecular complexity index is 684. The van der Waals surface area contributed by atoms with Crippen molar-refractivity contribution in [3.63, 3.8) is 0 Å². The van der Waals surface area contributed by atoms with Gasteiger partial charge in [-0.15, -0.1) is 0 Å². The monoisotopic (exact) mass is 243 g/mol. The van der Waals surface area contributed by atoms with Crippen LogP contribution in [-0.2, 0) is 13.2 Å². The Balaban J connectivity index is 1.97. The van der Waals surface area contributed by atoms with Crippen LogP contribution in [0.3, 0.4) is 0 Å². The lowest BCUT2D eigenvalue weighted by Crippen LogP contribution is -1.99. The van der Waals surface area contributed by atoms with Crippen molar-refractivity contribution < 1.29 is 9.63 Å². The number of benzene rings is 1. The van der Waals surface area contributed by atoms with Crippen LogP contribution in [0.2, 0.25) is 0 Å². The molecule has 0 radical (unpaired) electrons. The fourth-order valence-electron chi connectivity index (χ4n) is 2.04. The molecule has 0 aliphatic heterocycles. The van der Waals surface area contributed by atoms with Crippen molar-refractivity contribution in [3.8, 4) is 0 Å². The summed E-state index contributed by atoms with van der Waals surface area (Å²) in [6.45, 7) is 2.42.